The summed E-state index contributed by atoms with van der Waals surface area (Å²) in [5.74, 6) is 0. The highest BCUT2D eigenvalue weighted by molar-refractivity contribution is 7.26. The van der Waals surface area contributed by atoms with E-state index in [2.05, 4.69) is 137 Å². The van der Waals surface area contributed by atoms with E-state index in [4.69, 9.17) is 0 Å². The molecule has 0 radical (unpaired) electrons. The number of anilines is 3. The highest BCUT2D eigenvalue weighted by Gasteiger charge is 2.42. The lowest BCUT2D eigenvalue weighted by Gasteiger charge is -2.40. The fraction of sp³-hybridized carbons (Fsp3) is 0. The second kappa shape index (κ2) is 7.44. The van der Waals surface area contributed by atoms with Crippen molar-refractivity contribution in [2.75, 3.05) is 4.90 Å². The van der Waals surface area contributed by atoms with Gasteiger partial charge in [0, 0.05) is 64.6 Å². The van der Waals surface area contributed by atoms with Crippen LogP contribution in [0.3, 0.4) is 0 Å². The minimum absolute atomic E-state index is 0.101. The van der Waals surface area contributed by atoms with Gasteiger partial charge >= 0.3 is 6.85 Å². The third kappa shape index (κ3) is 2.46. The summed E-state index contributed by atoms with van der Waals surface area (Å²) in [6, 6.07) is 47.1. The van der Waals surface area contributed by atoms with Gasteiger partial charge in [0.2, 0.25) is 0 Å². The Balaban J connectivity index is 1.40. The highest BCUT2D eigenvalue weighted by Crippen LogP contribution is 2.48. The lowest BCUT2D eigenvalue weighted by atomic mass is 9.45. The Kier molecular flexibility index (Phi) is 3.92. The number of fused-ring (bicyclic) bond motifs is 11. The van der Waals surface area contributed by atoms with Crippen LogP contribution in [0.1, 0.15) is 0 Å². The van der Waals surface area contributed by atoms with Crippen LogP contribution >= 0.6 is 11.3 Å². The average Bonchev–Trinajstić information content (AvgIpc) is 3.56. The van der Waals surface area contributed by atoms with E-state index in [1.165, 1.54) is 81.1 Å². The first-order chi connectivity index (χ1) is 19.9. The maximum atomic E-state index is 2.65. The molecule has 0 N–H and O–H groups in total. The van der Waals surface area contributed by atoms with Crippen LogP contribution in [0.5, 0.6) is 0 Å². The zero-order valence-electron chi connectivity index (χ0n) is 21.5. The van der Waals surface area contributed by atoms with Gasteiger partial charge in [-0.1, -0.05) is 91.0 Å². The maximum absolute atomic E-state index is 2.65. The van der Waals surface area contributed by atoms with Gasteiger partial charge in [0.15, 0.2) is 0 Å². The van der Waals surface area contributed by atoms with E-state index in [-0.39, 0.29) is 6.85 Å². The molecule has 2 aliphatic rings. The predicted molar refractivity (Wildman–Crippen MR) is 173 cm³/mol. The van der Waals surface area contributed by atoms with Gasteiger partial charge in [-0.3, -0.25) is 0 Å². The summed E-state index contributed by atoms with van der Waals surface area (Å²) in [6.07, 6.45) is 0. The van der Waals surface area contributed by atoms with Crippen molar-refractivity contribution in [3.8, 4) is 11.1 Å². The molecule has 0 amide bonds. The van der Waals surface area contributed by atoms with Crippen molar-refractivity contribution >= 4 is 88.2 Å². The van der Waals surface area contributed by atoms with Gasteiger partial charge in [0.1, 0.15) is 0 Å². The number of benzene rings is 6. The fourth-order valence-electron chi connectivity index (χ4n) is 7.45. The molecule has 8 aromatic rings. The molecule has 0 spiro atoms. The van der Waals surface area contributed by atoms with Gasteiger partial charge in [-0.15, -0.1) is 11.3 Å². The zero-order chi connectivity index (χ0) is 25.9. The predicted octanol–water partition coefficient (Wildman–Crippen LogP) is 8.58. The van der Waals surface area contributed by atoms with Crippen LogP contribution in [0.25, 0.3) is 53.1 Å². The van der Waals surface area contributed by atoms with Crippen LogP contribution in [0, 0.1) is 0 Å². The van der Waals surface area contributed by atoms with Gasteiger partial charge in [-0.05, 0) is 52.9 Å². The third-order valence-electron chi connectivity index (χ3n) is 8.96. The largest absolute Gasteiger partial charge is 0.375 e. The van der Waals surface area contributed by atoms with Crippen molar-refractivity contribution in [1.29, 1.82) is 0 Å². The molecule has 2 nitrogen and oxygen atoms in total. The second-order valence-electron chi connectivity index (χ2n) is 10.9. The molecule has 4 heteroatoms. The Morgan fingerprint density at radius 3 is 2.25 bits per heavy atom. The van der Waals surface area contributed by atoms with E-state index in [9.17, 15) is 0 Å². The maximum Gasteiger partial charge on any atom is 0.333 e. The molecule has 0 unspecified atom stereocenters. The zero-order valence-corrected chi connectivity index (χ0v) is 22.3. The molecular weight excluding hydrogens is 503 g/mol. The van der Waals surface area contributed by atoms with Crippen molar-refractivity contribution < 1.29 is 0 Å². The molecule has 0 aliphatic carbocycles. The number of nitrogens with zero attached hydrogens (tertiary/aromatic N) is 2. The summed E-state index contributed by atoms with van der Waals surface area (Å²) >= 11 is 1.93. The van der Waals surface area contributed by atoms with Crippen LogP contribution in [0.2, 0.25) is 0 Å². The molecule has 10 rings (SSSR count). The normalized spacial score (nSPS) is 13.4. The van der Waals surface area contributed by atoms with Crippen LogP contribution < -0.4 is 15.8 Å². The molecule has 2 aromatic heterocycles. The molecular formula is C36H21BN2S. The van der Waals surface area contributed by atoms with Crippen molar-refractivity contribution in [2.45, 2.75) is 0 Å². The first kappa shape index (κ1) is 21.1. The lowest BCUT2D eigenvalue weighted by Crippen LogP contribution is -2.56. The first-order valence-corrected chi connectivity index (χ1v) is 14.6. The number of hydrogen-bond acceptors (Lipinski definition) is 2. The minimum atomic E-state index is 0.101. The number of aromatic nitrogens is 1. The molecule has 4 heterocycles. The quantitative estimate of drug-likeness (QED) is 0.195. The summed E-state index contributed by atoms with van der Waals surface area (Å²) < 4.78 is 5.39. The Morgan fingerprint density at radius 1 is 0.550 bits per heavy atom. The van der Waals surface area contributed by atoms with E-state index < -0.39 is 0 Å². The van der Waals surface area contributed by atoms with E-state index in [1.807, 2.05) is 11.3 Å². The van der Waals surface area contributed by atoms with Gasteiger partial charge in [-0.25, -0.2) is 0 Å². The van der Waals surface area contributed by atoms with Crippen LogP contribution in [0.4, 0.5) is 17.1 Å². The molecule has 0 atom stereocenters. The lowest BCUT2D eigenvalue weighted by molar-refractivity contribution is 1.25. The van der Waals surface area contributed by atoms with Crippen molar-refractivity contribution in [3.63, 3.8) is 0 Å². The van der Waals surface area contributed by atoms with E-state index >= 15 is 0 Å². The number of hydrogen-bond donors (Lipinski definition) is 0. The van der Waals surface area contributed by atoms with Crippen LogP contribution in [-0.2, 0) is 0 Å². The minimum Gasteiger partial charge on any atom is -0.375 e. The average molecular weight is 524 g/mol. The summed E-state index contributed by atoms with van der Waals surface area (Å²) in [6.45, 7) is 0.101. The van der Waals surface area contributed by atoms with Crippen molar-refractivity contribution in [2.24, 2.45) is 0 Å². The smallest absolute Gasteiger partial charge is 0.333 e. The molecule has 2 aliphatic heterocycles. The molecule has 0 fully saturated rings. The van der Waals surface area contributed by atoms with Crippen LogP contribution in [0.15, 0.2) is 127 Å². The molecule has 0 saturated carbocycles. The van der Waals surface area contributed by atoms with Gasteiger partial charge in [0.25, 0.3) is 0 Å². The summed E-state index contributed by atoms with van der Waals surface area (Å²) in [4.78, 5) is 2.45. The molecule has 0 bridgehead atoms. The summed E-state index contributed by atoms with van der Waals surface area (Å²) in [5, 5.41) is 5.44. The fourth-order valence-corrected chi connectivity index (χ4v) is 8.71. The Labute approximate surface area is 235 Å². The SMILES string of the molecule is c1ccc(N2c3ccccc3B3c4c(cccc42)-c2cccc4c5c6sc7ccccc7c6ccc5n3c24)cc1. The topological polar surface area (TPSA) is 8.17 Å². The van der Waals surface area contributed by atoms with Gasteiger partial charge < -0.3 is 9.38 Å². The first-order valence-electron chi connectivity index (χ1n) is 13.8. The van der Waals surface area contributed by atoms with Gasteiger partial charge in [0.05, 0.1) is 0 Å². The standard InChI is InChI=1S/C36H21BN2S/c1-2-10-22(11-3-1)38-29-17-6-5-16-28(29)37-34-24(13-9-18-31(34)38)25-14-8-15-27-33-30(39(37)35(25)27)21-20-26-23-12-4-7-19-32(23)40-36(26)33/h1-21H. The van der Waals surface area contributed by atoms with Crippen molar-refractivity contribution in [1.82, 2.24) is 4.48 Å². The summed E-state index contributed by atoms with van der Waals surface area (Å²) in [7, 11) is 0. The molecule has 0 saturated heterocycles. The number of para-hydroxylation sites is 3. The third-order valence-corrected chi connectivity index (χ3v) is 10.2. The van der Waals surface area contributed by atoms with E-state index in [0.29, 0.717) is 0 Å². The van der Waals surface area contributed by atoms with E-state index in [0.717, 1.165) is 0 Å². The number of thiophene rings is 1. The Hall–Kier alpha value is -4.80. The summed E-state index contributed by atoms with van der Waals surface area (Å²) in [5.41, 5.74) is 11.8. The Morgan fingerprint density at radius 2 is 1.30 bits per heavy atom. The Bertz CT molecular complexity index is 2350. The molecule has 6 aromatic carbocycles. The van der Waals surface area contributed by atoms with Gasteiger partial charge in [-0.2, -0.15) is 0 Å². The molecule has 40 heavy (non-hydrogen) atoms. The van der Waals surface area contributed by atoms with E-state index in [1.54, 1.807) is 0 Å². The van der Waals surface area contributed by atoms with Crippen molar-refractivity contribution in [3.05, 3.63) is 127 Å². The highest BCUT2D eigenvalue weighted by atomic mass is 32.1. The van der Waals surface area contributed by atoms with Crippen LogP contribution in [-0.4, -0.2) is 11.3 Å². The molecule has 184 valence electrons. The second-order valence-corrected chi connectivity index (χ2v) is 11.9. The monoisotopic (exact) mass is 524 g/mol. The number of rotatable bonds is 1.